The van der Waals surface area contributed by atoms with E-state index in [9.17, 15) is 9.59 Å². The van der Waals surface area contributed by atoms with Crippen LogP contribution >= 0.6 is 23.1 Å². The van der Waals surface area contributed by atoms with Gasteiger partial charge in [0.25, 0.3) is 0 Å². The summed E-state index contributed by atoms with van der Waals surface area (Å²) >= 11 is 3.17. The van der Waals surface area contributed by atoms with Crippen LogP contribution in [0.4, 0.5) is 0 Å². The summed E-state index contributed by atoms with van der Waals surface area (Å²) in [6.07, 6.45) is 0.190. The highest BCUT2D eigenvalue weighted by atomic mass is 32.2. The van der Waals surface area contributed by atoms with Gasteiger partial charge in [0.1, 0.15) is 6.04 Å². The van der Waals surface area contributed by atoms with E-state index in [2.05, 4.69) is 0 Å². The van der Waals surface area contributed by atoms with E-state index >= 15 is 0 Å². The van der Waals surface area contributed by atoms with Gasteiger partial charge in [0.05, 0.1) is 11.9 Å². The Balaban J connectivity index is 1.85. The van der Waals surface area contributed by atoms with Gasteiger partial charge in [-0.1, -0.05) is 6.07 Å². The number of carbonyl (C=O) groups excluding carboxylic acids is 1. The summed E-state index contributed by atoms with van der Waals surface area (Å²) in [6.45, 7) is 0.367. The molecule has 1 aliphatic heterocycles. The van der Waals surface area contributed by atoms with Crippen LogP contribution in [0.15, 0.2) is 17.5 Å². The average Bonchev–Trinajstić information content (AvgIpc) is 3.07. The van der Waals surface area contributed by atoms with E-state index in [0.29, 0.717) is 18.7 Å². The summed E-state index contributed by atoms with van der Waals surface area (Å²) in [7, 11) is 1.54. The van der Waals surface area contributed by atoms with Crippen molar-refractivity contribution in [3.05, 3.63) is 22.4 Å². The molecule has 0 spiro atoms. The highest BCUT2D eigenvalue weighted by Gasteiger charge is 2.39. The maximum absolute atomic E-state index is 12.1. The quantitative estimate of drug-likeness (QED) is 0.865. The van der Waals surface area contributed by atoms with Gasteiger partial charge in [-0.25, -0.2) is 4.79 Å². The number of hydrogen-bond donors (Lipinski definition) is 1. The second kappa shape index (κ2) is 7.10. The standard InChI is InChI=1S/C13H17NO4S2/c1-18-9-5-11(13(16)17)14(6-9)12(15)8-19-7-10-3-2-4-20-10/h2-4,9,11H,5-8H2,1H3,(H,16,17). The molecule has 1 N–H and O–H groups in total. The van der Waals surface area contributed by atoms with Gasteiger partial charge in [-0.05, 0) is 11.4 Å². The van der Waals surface area contributed by atoms with Crippen molar-refractivity contribution in [3.63, 3.8) is 0 Å². The lowest BCUT2D eigenvalue weighted by Crippen LogP contribution is -2.41. The molecule has 2 unspecified atom stereocenters. The van der Waals surface area contributed by atoms with E-state index in [4.69, 9.17) is 9.84 Å². The minimum atomic E-state index is -0.957. The van der Waals surface area contributed by atoms with E-state index in [1.807, 2.05) is 17.5 Å². The van der Waals surface area contributed by atoms with Crippen LogP contribution in [-0.4, -0.2) is 53.4 Å². The molecule has 2 atom stereocenters. The molecule has 5 nitrogen and oxygen atoms in total. The zero-order valence-electron chi connectivity index (χ0n) is 11.2. The number of amides is 1. The average molecular weight is 315 g/mol. The molecule has 7 heteroatoms. The molecular formula is C13H17NO4S2. The molecule has 2 rings (SSSR count). The largest absolute Gasteiger partial charge is 0.480 e. The first kappa shape index (κ1) is 15.3. The predicted octanol–water partition coefficient (Wildman–Crippen LogP) is 1.68. The molecular weight excluding hydrogens is 298 g/mol. The Bertz CT molecular complexity index is 463. The van der Waals surface area contributed by atoms with Crippen molar-refractivity contribution < 1.29 is 19.4 Å². The van der Waals surface area contributed by atoms with Crippen molar-refractivity contribution in [2.75, 3.05) is 19.4 Å². The highest BCUT2D eigenvalue weighted by Crippen LogP contribution is 2.23. The number of likely N-dealkylation sites (tertiary alicyclic amines) is 1. The molecule has 2 heterocycles. The van der Waals surface area contributed by atoms with Crippen molar-refractivity contribution in [3.8, 4) is 0 Å². The Kier molecular flexibility index (Phi) is 5.45. The first-order chi connectivity index (χ1) is 9.61. The minimum Gasteiger partial charge on any atom is -0.480 e. The highest BCUT2D eigenvalue weighted by molar-refractivity contribution is 7.99. The van der Waals surface area contributed by atoms with Crippen molar-refractivity contribution in [2.45, 2.75) is 24.3 Å². The van der Waals surface area contributed by atoms with Gasteiger partial charge in [-0.2, -0.15) is 0 Å². The molecule has 1 amide bonds. The summed E-state index contributed by atoms with van der Waals surface area (Å²) in [4.78, 5) is 26.0. The fourth-order valence-corrected chi connectivity index (χ4v) is 3.95. The summed E-state index contributed by atoms with van der Waals surface area (Å²) in [5.41, 5.74) is 0. The molecule has 20 heavy (non-hydrogen) atoms. The van der Waals surface area contributed by atoms with Gasteiger partial charge in [-0.15, -0.1) is 23.1 Å². The first-order valence-corrected chi connectivity index (χ1v) is 8.30. The minimum absolute atomic E-state index is 0.126. The number of methoxy groups -OCH3 is 1. The van der Waals surface area contributed by atoms with E-state index in [0.717, 1.165) is 5.75 Å². The van der Waals surface area contributed by atoms with E-state index < -0.39 is 12.0 Å². The molecule has 0 aliphatic carbocycles. The monoisotopic (exact) mass is 315 g/mol. The van der Waals surface area contributed by atoms with Crippen LogP contribution in [-0.2, 0) is 20.1 Å². The third-order valence-corrected chi connectivity index (χ3v) is 5.28. The van der Waals surface area contributed by atoms with Crippen molar-refractivity contribution in [1.82, 2.24) is 4.90 Å². The van der Waals surface area contributed by atoms with Crippen molar-refractivity contribution in [2.24, 2.45) is 0 Å². The SMILES string of the molecule is COC1CC(C(=O)O)N(C(=O)CSCc2cccs2)C1. The Labute approximate surface area is 125 Å². The number of ether oxygens (including phenoxy) is 1. The fraction of sp³-hybridized carbons (Fsp3) is 0.538. The second-order valence-corrected chi connectivity index (χ2v) is 6.58. The van der Waals surface area contributed by atoms with E-state index in [-0.39, 0.29) is 12.0 Å². The van der Waals surface area contributed by atoms with Crippen LogP contribution in [0.25, 0.3) is 0 Å². The summed E-state index contributed by atoms with van der Waals surface area (Å²) in [5, 5.41) is 11.2. The smallest absolute Gasteiger partial charge is 0.326 e. The van der Waals surface area contributed by atoms with Crippen LogP contribution in [0, 0.1) is 0 Å². The van der Waals surface area contributed by atoms with E-state index in [1.54, 1.807) is 18.4 Å². The Morgan fingerprint density at radius 1 is 1.60 bits per heavy atom. The Morgan fingerprint density at radius 3 is 3.00 bits per heavy atom. The maximum Gasteiger partial charge on any atom is 0.326 e. The number of nitrogens with zero attached hydrogens (tertiary/aromatic N) is 1. The number of rotatable bonds is 6. The number of aliphatic carboxylic acids is 1. The van der Waals surface area contributed by atoms with E-state index in [1.165, 1.54) is 21.5 Å². The molecule has 1 aromatic rings. The third-order valence-electron chi connectivity index (χ3n) is 3.25. The molecule has 1 fully saturated rings. The third kappa shape index (κ3) is 3.74. The molecule has 1 saturated heterocycles. The lowest BCUT2D eigenvalue weighted by atomic mass is 10.2. The molecule has 0 bridgehead atoms. The van der Waals surface area contributed by atoms with Gasteiger partial charge in [0.15, 0.2) is 0 Å². The maximum atomic E-state index is 12.1. The molecule has 0 aromatic carbocycles. The zero-order valence-corrected chi connectivity index (χ0v) is 12.8. The number of carboxylic acids is 1. The number of carbonyl (C=O) groups is 2. The van der Waals surface area contributed by atoms with Gasteiger partial charge >= 0.3 is 5.97 Å². The van der Waals surface area contributed by atoms with Gasteiger partial charge in [-0.3, -0.25) is 4.79 Å². The number of thioether (sulfide) groups is 1. The van der Waals surface area contributed by atoms with Crippen LogP contribution in [0.2, 0.25) is 0 Å². The molecule has 110 valence electrons. The lowest BCUT2D eigenvalue weighted by molar-refractivity contribution is -0.147. The second-order valence-electron chi connectivity index (χ2n) is 4.57. The molecule has 0 radical (unpaired) electrons. The van der Waals surface area contributed by atoms with Crippen LogP contribution < -0.4 is 0 Å². The fourth-order valence-electron chi connectivity index (χ4n) is 2.19. The van der Waals surface area contributed by atoms with Crippen LogP contribution in [0.1, 0.15) is 11.3 Å². The first-order valence-electron chi connectivity index (χ1n) is 6.27. The molecule has 1 aromatic heterocycles. The number of hydrogen-bond acceptors (Lipinski definition) is 5. The Hall–Kier alpha value is -1.05. The zero-order chi connectivity index (χ0) is 14.5. The lowest BCUT2D eigenvalue weighted by Gasteiger charge is -2.20. The predicted molar refractivity (Wildman–Crippen MR) is 79.0 cm³/mol. The molecule has 0 saturated carbocycles. The number of carboxylic acid groups (broad SMARTS) is 1. The molecule has 1 aliphatic rings. The van der Waals surface area contributed by atoms with Crippen LogP contribution in [0.5, 0.6) is 0 Å². The van der Waals surface area contributed by atoms with Gasteiger partial charge in [0, 0.05) is 30.7 Å². The van der Waals surface area contributed by atoms with Gasteiger partial charge < -0.3 is 14.7 Å². The normalized spacial score (nSPS) is 22.1. The van der Waals surface area contributed by atoms with Crippen molar-refractivity contribution >= 4 is 35.0 Å². The Morgan fingerprint density at radius 2 is 2.40 bits per heavy atom. The van der Waals surface area contributed by atoms with Crippen molar-refractivity contribution in [1.29, 1.82) is 0 Å². The van der Waals surface area contributed by atoms with Crippen LogP contribution in [0.3, 0.4) is 0 Å². The topological polar surface area (TPSA) is 66.8 Å². The van der Waals surface area contributed by atoms with Gasteiger partial charge in [0.2, 0.25) is 5.91 Å². The summed E-state index contributed by atoms with van der Waals surface area (Å²) in [5.74, 6) is 0.000487. The number of thiophene rings is 1. The summed E-state index contributed by atoms with van der Waals surface area (Å²) in [6, 6.07) is 3.25. The summed E-state index contributed by atoms with van der Waals surface area (Å²) < 4.78 is 5.17.